The smallest absolute Gasteiger partial charge is 0.276 e. The summed E-state index contributed by atoms with van der Waals surface area (Å²) < 4.78 is 1.61. The van der Waals surface area contributed by atoms with Crippen molar-refractivity contribution in [3.05, 3.63) is 58.2 Å². The van der Waals surface area contributed by atoms with Gasteiger partial charge in [0, 0.05) is 42.4 Å². The number of likely N-dealkylation sites (tertiary alicyclic amines) is 1. The predicted octanol–water partition coefficient (Wildman–Crippen LogP) is 3.80. The Balaban J connectivity index is 1.30. The number of piperidine rings is 1. The molecule has 31 heavy (non-hydrogen) atoms. The minimum absolute atomic E-state index is 0.172. The molecule has 3 heterocycles. The number of hydrogen-bond donors (Lipinski definition) is 1. The first-order chi connectivity index (χ1) is 15.0. The minimum Gasteiger partial charge on any atom is -0.342 e. The van der Waals surface area contributed by atoms with Gasteiger partial charge in [0.2, 0.25) is 5.91 Å². The van der Waals surface area contributed by atoms with Crippen LogP contribution in [0.3, 0.4) is 0 Å². The van der Waals surface area contributed by atoms with Crippen molar-refractivity contribution < 1.29 is 9.59 Å². The van der Waals surface area contributed by atoms with E-state index in [-0.39, 0.29) is 17.7 Å². The molecule has 0 radical (unpaired) electrons. The second-order valence-electron chi connectivity index (χ2n) is 7.55. The molecule has 0 unspecified atom stereocenters. The summed E-state index contributed by atoms with van der Waals surface area (Å²) in [6.45, 7) is 1.45. The van der Waals surface area contributed by atoms with Gasteiger partial charge in [-0.25, -0.2) is 4.98 Å². The Hall–Kier alpha value is -2.65. The van der Waals surface area contributed by atoms with Crippen molar-refractivity contribution in [1.82, 2.24) is 19.7 Å². The molecule has 1 aliphatic heterocycles. The lowest BCUT2D eigenvalue weighted by molar-refractivity contribution is -0.131. The molecule has 3 aromatic rings. The monoisotopic (exact) mass is 455 g/mol. The van der Waals surface area contributed by atoms with E-state index in [2.05, 4.69) is 27.5 Å². The first kappa shape index (κ1) is 21.6. The number of aryl methyl sites for hydroxylation is 1. The number of nitrogens with one attached hydrogen (secondary N) is 1. The van der Waals surface area contributed by atoms with E-state index in [1.165, 1.54) is 16.2 Å². The number of nitrogens with zero attached hydrogens (tertiary/aromatic N) is 4. The van der Waals surface area contributed by atoms with E-state index in [1.807, 2.05) is 23.3 Å². The van der Waals surface area contributed by atoms with Crippen LogP contribution in [-0.4, -0.2) is 50.8 Å². The number of amides is 2. The summed E-state index contributed by atoms with van der Waals surface area (Å²) in [6, 6.07) is 9.93. The summed E-state index contributed by atoms with van der Waals surface area (Å²) in [7, 11) is 1.77. The highest BCUT2D eigenvalue weighted by Gasteiger charge is 2.26. The van der Waals surface area contributed by atoms with Crippen molar-refractivity contribution in [2.45, 2.75) is 30.1 Å². The second-order valence-corrected chi connectivity index (χ2v) is 9.31. The average molecular weight is 456 g/mol. The van der Waals surface area contributed by atoms with Crippen LogP contribution in [0.4, 0.5) is 5.82 Å². The Morgan fingerprint density at radius 1 is 1.19 bits per heavy atom. The fraction of sp³-hybridized carbons (Fsp3) is 0.364. The predicted molar refractivity (Wildman–Crippen MR) is 124 cm³/mol. The number of rotatable bonds is 6. The molecule has 2 amide bonds. The fourth-order valence-corrected chi connectivity index (χ4v) is 5.04. The number of hydrogen-bond acceptors (Lipinski definition) is 6. The Kier molecular flexibility index (Phi) is 6.72. The van der Waals surface area contributed by atoms with Gasteiger partial charge >= 0.3 is 0 Å². The highest BCUT2D eigenvalue weighted by Crippen LogP contribution is 2.31. The molecule has 1 saturated heterocycles. The topological polar surface area (TPSA) is 80.1 Å². The van der Waals surface area contributed by atoms with Crippen LogP contribution in [-0.2, 0) is 18.3 Å². The van der Waals surface area contributed by atoms with Crippen LogP contribution in [0, 0.1) is 0 Å². The van der Waals surface area contributed by atoms with E-state index in [9.17, 15) is 9.59 Å². The zero-order valence-electron chi connectivity index (χ0n) is 17.6. The van der Waals surface area contributed by atoms with E-state index in [4.69, 9.17) is 0 Å². The van der Waals surface area contributed by atoms with Gasteiger partial charge in [-0.1, -0.05) is 12.1 Å². The maximum Gasteiger partial charge on any atom is 0.276 e. The van der Waals surface area contributed by atoms with Gasteiger partial charge in [-0.3, -0.25) is 14.3 Å². The molecule has 1 N–H and O–H groups in total. The molecule has 2 aromatic heterocycles. The SMILES string of the molecule is CSc1ccc(CC(=O)N2CCC(c3nc(C(=O)Nc4ccnn4C)cs3)CC2)cc1. The number of aromatic nitrogens is 3. The fourth-order valence-electron chi connectivity index (χ4n) is 3.66. The molecule has 162 valence electrons. The number of carbonyl (C=O) groups is 2. The van der Waals surface area contributed by atoms with Crippen LogP contribution in [0.25, 0.3) is 0 Å². The van der Waals surface area contributed by atoms with E-state index in [0.29, 0.717) is 17.9 Å². The Labute approximate surface area is 189 Å². The third kappa shape index (κ3) is 5.16. The van der Waals surface area contributed by atoms with Crippen molar-refractivity contribution in [3.8, 4) is 0 Å². The van der Waals surface area contributed by atoms with E-state index in [1.54, 1.807) is 41.1 Å². The van der Waals surface area contributed by atoms with Gasteiger partial charge in [0.1, 0.15) is 11.5 Å². The molecule has 0 aliphatic carbocycles. The molecule has 0 saturated carbocycles. The molecule has 4 rings (SSSR count). The molecule has 1 aromatic carbocycles. The molecule has 1 aliphatic rings. The lowest BCUT2D eigenvalue weighted by Gasteiger charge is -2.31. The third-order valence-electron chi connectivity index (χ3n) is 5.53. The number of anilines is 1. The van der Waals surface area contributed by atoms with Crippen LogP contribution in [0.1, 0.15) is 39.8 Å². The van der Waals surface area contributed by atoms with Crippen LogP contribution in [0.15, 0.2) is 46.8 Å². The summed E-state index contributed by atoms with van der Waals surface area (Å²) in [5.41, 5.74) is 1.47. The van der Waals surface area contributed by atoms with Gasteiger partial charge < -0.3 is 10.2 Å². The molecular weight excluding hydrogens is 430 g/mol. The third-order valence-corrected chi connectivity index (χ3v) is 7.28. The summed E-state index contributed by atoms with van der Waals surface area (Å²) in [5.74, 6) is 0.861. The summed E-state index contributed by atoms with van der Waals surface area (Å²) in [5, 5.41) is 9.64. The van der Waals surface area contributed by atoms with Crippen LogP contribution in [0.5, 0.6) is 0 Å². The second kappa shape index (κ2) is 9.65. The normalized spacial score (nSPS) is 14.6. The number of thiazole rings is 1. The van der Waals surface area contributed by atoms with Crippen molar-refractivity contribution in [3.63, 3.8) is 0 Å². The molecule has 9 heteroatoms. The van der Waals surface area contributed by atoms with Crippen molar-refractivity contribution in [1.29, 1.82) is 0 Å². The van der Waals surface area contributed by atoms with Gasteiger partial charge in [0.25, 0.3) is 5.91 Å². The standard InChI is InChI=1S/C22H25N5O2S2/c1-26-19(7-10-23-26)25-21(29)18-14-31-22(24-18)16-8-11-27(12-9-16)20(28)13-15-3-5-17(30-2)6-4-15/h3-7,10,14,16H,8-9,11-13H2,1-2H3,(H,25,29). The van der Waals surface area contributed by atoms with E-state index >= 15 is 0 Å². The number of carbonyl (C=O) groups excluding carboxylic acids is 2. The van der Waals surface area contributed by atoms with Gasteiger partial charge in [-0.2, -0.15) is 5.10 Å². The first-order valence-corrected chi connectivity index (χ1v) is 12.3. The molecule has 0 bridgehead atoms. The summed E-state index contributed by atoms with van der Waals surface area (Å²) in [4.78, 5) is 32.9. The quantitative estimate of drug-likeness (QED) is 0.572. The van der Waals surface area contributed by atoms with Crippen molar-refractivity contribution in [2.75, 3.05) is 24.7 Å². The zero-order valence-corrected chi connectivity index (χ0v) is 19.2. The van der Waals surface area contributed by atoms with Gasteiger partial charge in [0.05, 0.1) is 17.6 Å². The molecule has 0 atom stereocenters. The van der Waals surface area contributed by atoms with Crippen molar-refractivity contribution in [2.24, 2.45) is 7.05 Å². The zero-order chi connectivity index (χ0) is 21.8. The van der Waals surface area contributed by atoms with Gasteiger partial charge in [0.15, 0.2) is 0 Å². The minimum atomic E-state index is -0.230. The van der Waals surface area contributed by atoms with Crippen LogP contribution >= 0.6 is 23.1 Å². The molecule has 7 nitrogen and oxygen atoms in total. The maximum absolute atomic E-state index is 12.7. The Morgan fingerprint density at radius 2 is 1.94 bits per heavy atom. The highest BCUT2D eigenvalue weighted by molar-refractivity contribution is 7.98. The summed E-state index contributed by atoms with van der Waals surface area (Å²) in [6.07, 6.45) is 5.86. The molecule has 1 fully saturated rings. The van der Waals surface area contributed by atoms with Crippen LogP contribution in [0.2, 0.25) is 0 Å². The Bertz CT molecular complexity index is 1050. The Morgan fingerprint density at radius 3 is 2.58 bits per heavy atom. The number of benzene rings is 1. The van der Waals surface area contributed by atoms with Crippen molar-refractivity contribution >= 4 is 40.7 Å². The largest absolute Gasteiger partial charge is 0.342 e. The number of thioether (sulfide) groups is 1. The maximum atomic E-state index is 12.7. The lowest BCUT2D eigenvalue weighted by atomic mass is 9.97. The van der Waals surface area contributed by atoms with Crippen LogP contribution < -0.4 is 5.32 Å². The molecular formula is C22H25N5O2S2. The van der Waals surface area contributed by atoms with E-state index < -0.39 is 0 Å². The molecule has 0 spiro atoms. The highest BCUT2D eigenvalue weighted by atomic mass is 32.2. The van der Waals surface area contributed by atoms with Gasteiger partial charge in [-0.05, 0) is 36.8 Å². The van der Waals surface area contributed by atoms with E-state index in [0.717, 1.165) is 36.5 Å². The average Bonchev–Trinajstić information content (AvgIpc) is 3.44. The van der Waals surface area contributed by atoms with Gasteiger partial charge in [-0.15, -0.1) is 23.1 Å². The first-order valence-electron chi connectivity index (χ1n) is 10.2. The summed E-state index contributed by atoms with van der Waals surface area (Å²) >= 11 is 3.22. The lowest BCUT2D eigenvalue weighted by Crippen LogP contribution is -2.38.